The molecule has 2 rings (SSSR count). The predicted molar refractivity (Wildman–Crippen MR) is 258 cm³/mol. The largest absolute Gasteiger partial charge is 2.00 e. The average molecular weight is 1030 g/mol. The summed E-state index contributed by atoms with van der Waals surface area (Å²) in [5.74, 6) is -2.29. The molecule has 0 heterocycles. The van der Waals surface area contributed by atoms with E-state index in [1.165, 1.54) is 50.7 Å². The number of benzene rings is 2. The van der Waals surface area contributed by atoms with E-state index >= 15 is 0 Å². The van der Waals surface area contributed by atoms with E-state index in [-0.39, 0.29) is 98.1 Å². The van der Waals surface area contributed by atoms with Gasteiger partial charge in [0.1, 0.15) is 0 Å². The van der Waals surface area contributed by atoms with Gasteiger partial charge in [0.05, 0.1) is 37.6 Å². The van der Waals surface area contributed by atoms with Crippen LogP contribution in [0.15, 0.2) is 60.7 Å². The van der Waals surface area contributed by atoms with Crippen molar-refractivity contribution in [3.63, 3.8) is 0 Å². The summed E-state index contributed by atoms with van der Waals surface area (Å²) in [5.41, 5.74) is 2.43. The number of carboxylic acids is 2. The summed E-state index contributed by atoms with van der Waals surface area (Å²) in [6.07, 6.45) is 28.8. The molecule has 4 atom stereocenters. The Morgan fingerprint density at radius 1 is 0.415 bits per heavy atom. The molecule has 65 heavy (non-hydrogen) atoms. The summed E-state index contributed by atoms with van der Waals surface area (Å²) < 4.78 is 22.9. The van der Waals surface area contributed by atoms with Crippen LogP contribution >= 0.6 is 0 Å². The smallest absolute Gasteiger partial charge is 0.550 e. The van der Waals surface area contributed by atoms with Crippen molar-refractivity contribution in [2.75, 3.05) is 0 Å². The molecule has 11 heteroatoms. The Kier molecular flexibility index (Phi) is 42.8. The summed E-state index contributed by atoms with van der Waals surface area (Å²) in [6.45, 7) is 8.16. The Bertz CT molecular complexity index is 1320. The number of hydrogen-bond donors (Lipinski definition) is 0. The number of rotatable bonds is 40. The summed E-state index contributed by atoms with van der Waals surface area (Å²) in [7, 11) is 0. The number of esters is 2. The predicted octanol–water partition coefficient (Wildman–Crippen LogP) is 11.1. The van der Waals surface area contributed by atoms with Gasteiger partial charge in [0.2, 0.25) is 0 Å². The summed E-state index contributed by atoms with van der Waals surface area (Å²) >= 11 is 0. The van der Waals surface area contributed by atoms with Gasteiger partial charge in [-0.3, -0.25) is 9.59 Å². The molecule has 0 amide bonds. The molecule has 2 aromatic rings. The standard InChI is InChI=1S/2C27H44O5.Ba/c2*1-23(32-24(2)28)16-10-7-8-14-20-26(31-22-25-17-11-9-12-18-25)19-13-5-3-4-6-15-21-27(29)30;/h2*9,11-12,17-18,23,26H,3-8,10,13-16,19-22H2,1-2H3,(H,29,30);/q;;+2/p-2. The first-order valence-electron chi connectivity index (χ1n) is 25.0. The molecule has 2 aromatic carbocycles. The van der Waals surface area contributed by atoms with Crippen molar-refractivity contribution in [1.82, 2.24) is 0 Å². The molecule has 0 aliphatic carbocycles. The van der Waals surface area contributed by atoms with Gasteiger partial charge in [-0.05, 0) is 102 Å². The maximum Gasteiger partial charge on any atom is 2.00 e. The monoisotopic (exact) mass is 1030 g/mol. The second kappa shape index (κ2) is 44.3. The fourth-order valence-electron chi connectivity index (χ4n) is 7.89. The third kappa shape index (κ3) is 42.9. The SMILES string of the molecule is CC(=O)OC(C)CCCCCCC(CCCCCCCCC(=O)[O-])OCc1ccccc1.CC(=O)OC(C)CCCCCCC(CCCCCCCCC(=O)[O-])OCc1ccccc1.[Ba+2]. The Hall–Kier alpha value is -2.19. The van der Waals surface area contributed by atoms with Crippen molar-refractivity contribution in [3.8, 4) is 0 Å². The van der Waals surface area contributed by atoms with Crippen molar-refractivity contribution in [1.29, 1.82) is 0 Å². The molecule has 10 nitrogen and oxygen atoms in total. The van der Waals surface area contributed by atoms with Crippen molar-refractivity contribution < 1.29 is 48.3 Å². The van der Waals surface area contributed by atoms with Gasteiger partial charge in [0.15, 0.2) is 0 Å². The quantitative estimate of drug-likeness (QED) is 0.0358. The third-order valence-corrected chi connectivity index (χ3v) is 11.5. The van der Waals surface area contributed by atoms with Crippen LogP contribution in [-0.4, -0.2) is 97.2 Å². The number of carboxylic acid groups (broad SMARTS) is 2. The van der Waals surface area contributed by atoms with Gasteiger partial charge in [-0.1, -0.05) is 163 Å². The summed E-state index contributed by atoms with van der Waals surface area (Å²) in [4.78, 5) is 42.8. The van der Waals surface area contributed by atoms with Gasteiger partial charge in [-0.2, -0.15) is 0 Å². The van der Waals surface area contributed by atoms with Crippen LogP contribution in [0.3, 0.4) is 0 Å². The number of aliphatic carboxylic acids is 2. The molecule has 0 radical (unpaired) electrons. The van der Waals surface area contributed by atoms with E-state index in [2.05, 4.69) is 24.3 Å². The molecule has 4 unspecified atom stereocenters. The fraction of sp³-hybridized carbons (Fsp3) is 0.704. The van der Waals surface area contributed by atoms with Gasteiger partial charge < -0.3 is 38.7 Å². The van der Waals surface area contributed by atoms with Crippen molar-refractivity contribution in [2.24, 2.45) is 0 Å². The first-order chi connectivity index (χ1) is 30.9. The minimum Gasteiger partial charge on any atom is -0.550 e. The third-order valence-electron chi connectivity index (χ3n) is 11.5. The van der Waals surface area contributed by atoms with Crippen molar-refractivity contribution in [2.45, 2.75) is 245 Å². The zero-order valence-electron chi connectivity index (χ0n) is 41.1. The van der Waals surface area contributed by atoms with Crippen LogP contribution in [0.25, 0.3) is 0 Å². The molecular weight excluding hydrogens is 946 g/mol. The van der Waals surface area contributed by atoms with Crippen molar-refractivity contribution >= 4 is 72.8 Å². The minimum absolute atomic E-state index is 0. The molecule has 364 valence electrons. The Morgan fingerprint density at radius 2 is 0.677 bits per heavy atom. The van der Waals surface area contributed by atoms with E-state index in [4.69, 9.17) is 18.9 Å². The van der Waals surface area contributed by atoms with E-state index in [9.17, 15) is 29.4 Å². The van der Waals surface area contributed by atoms with E-state index in [0.717, 1.165) is 141 Å². The van der Waals surface area contributed by atoms with Crippen LogP contribution in [0.5, 0.6) is 0 Å². The summed E-state index contributed by atoms with van der Waals surface area (Å²) in [5, 5.41) is 20.9. The van der Waals surface area contributed by atoms with E-state index < -0.39 is 11.9 Å². The zero-order chi connectivity index (χ0) is 46.9. The fourth-order valence-corrected chi connectivity index (χ4v) is 7.89. The minimum atomic E-state index is -0.942. The van der Waals surface area contributed by atoms with Gasteiger partial charge in [-0.25, -0.2) is 0 Å². The first-order valence-corrected chi connectivity index (χ1v) is 25.0. The number of carbonyl (C=O) groups is 4. The van der Waals surface area contributed by atoms with Crippen molar-refractivity contribution in [3.05, 3.63) is 71.8 Å². The average Bonchev–Trinajstić information content (AvgIpc) is 3.25. The summed E-state index contributed by atoms with van der Waals surface area (Å²) in [6, 6.07) is 20.7. The van der Waals surface area contributed by atoms with Crippen LogP contribution < -0.4 is 10.2 Å². The topological polar surface area (TPSA) is 151 Å². The van der Waals surface area contributed by atoms with Crippen LogP contribution in [0.2, 0.25) is 0 Å². The molecule has 0 saturated carbocycles. The van der Waals surface area contributed by atoms with Crippen LogP contribution in [0.4, 0.5) is 0 Å². The van der Waals surface area contributed by atoms with Gasteiger partial charge in [0, 0.05) is 25.8 Å². The maximum atomic E-state index is 11.0. The first kappa shape index (κ1) is 62.8. The van der Waals surface area contributed by atoms with E-state index in [1.54, 1.807) is 0 Å². The molecule has 0 aliphatic heterocycles. The van der Waals surface area contributed by atoms with Crippen LogP contribution in [0.1, 0.15) is 219 Å². The molecule has 0 saturated heterocycles. The maximum absolute atomic E-state index is 11.0. The molecule has 0 fully saturated rings. The molecule has 0 spiro atoms. The Morgan fingerprint density at radius 3 is 0.954 bits per heavy atom. The van der Waals surface area contributed by atoms with Gasteiger partial charge in [-0.15, -0.1) is 0 Å². The van der Waals surface area contributed by atoms with Crippen LogP contribution in [0, 0.1) is 0 Å². The van der Waals surface area contributed by atoms with Gasteiger partial charge >= 0.3 is 60.8 Å². The Balaban J connectivity index is 0.00000124. The van der Waals surface area contributed by atoms with Crippen LogP contribution in [-0.2, 0) is 51.3 Å². The molecule has 0 aromatic heterocycles. The molecule has 0 bridgehead atoms. The van der Waals surface area contributed by atoms with E-state index in [1.807, 2.05) is 50.2 Å². The second-order valence-electron chi connectivity index (χ2n) is 17.7. The zero-order valence-corrected chi connectivity index (χ0v) is 45.5. The molecule has 0 aliphatic rings. The number of hydrogen-bond acceptors (Lipinski definition) is 10. The Labute approximate surface area is 434 Å². The van der Waals surface area contributed by atoms with Gasteiger partial charge in [0.25, 0.3) is 0 Å². The van der Waals surface area contributed by atoms with E-state index in [0.29, 0.717) is 13.2 Å². The normalized spacial score (nSPS) is 12.7. The number of unbranched alkanes of at least 4 members (excludes halogenated alkanes) is 16. The number of carbonyl (C=O) groups excluding carboxylic acids is 4. The molecule has 0 N–H and O–H groups in total. The number of ether oxygens (including phenoxy) is 4. The molecular formula is C54H86BaO10. The second-order valence-corrected chi connectivity index (χ2v) is 17.7.